The molecular formula is C30H36N2O4S. The van der Waals surface area contributed by atoms with Crippen molar-refractivity contribution < 1.29 is 19.4 Å². The van der Waals surface area contributed by atoms with Gasteiger partial charge in [0.05, 0.1) is 17.6 Å². The summed E-state index contributed by atoms with van der Waals surface area (Å²) in [5, 5.41) is 16.2. The minimum absolute atomic E-state index is 0.117. The van der Waals surface area contributed by atoms with Gasteiger partial charge in [0.1, 0.15) is 0 Å². The SMILES string of the molecule is CC(C)(OCC(c1ccccc1)(c1ccccc1)c1ccccc1)C(O)C(=O)NCCC(=O)NCCS. The van der Waals surface area contributed by atoms with Crippen LogP contribution in [-0.2, 0) is 19.7 Å². The lowest BCUT2D eigenvalue weighted by atomic mass is 9.70. The van der Waals surface area contributed by atoms with Gasteiger partial charge in [-0.1, -0.05) is 91.0 Å². The van der Waals surface area contributed by atoms with E-state index in [2.05, 4.69) is 59.7 Å². The highest BCUT2D eigenvalue weighted by Crippen LogP contribution is 2.40. The molecule has 3 aromatic carbocycles. The number of hydrogen-bond acceptors (Lipinski definition) is 5. The Balaban J connectivity index is 1.84. The average Bonchev–Trinajstić information content (AvgIpc) is 2.93. The Morgan fingerprint density at radius 2 is 1.27 bits per heavy atom. The predicted octanol–water partition coefficient (Wildman–Crippen LogP) is 3.73. The second-order valence-electron chi connectivity index (χ2n) is 9.41. The van der Waals surface area contributed by atoms with Crippen molar-refractivity contribution >= 4 is 24.4 Å². The molecule has 0 saturated carbocycles. The van der Waals surface area contributed by atoms with E-state index in [1.165, 1.54) is 0 Å². The molecule has 0 aliphatic heterocycles. The highest BCUT2D eigenvalue weighted by atomic mass is 32.1. The van der Waals surface area contributed by atoms with Gasteiger partial charge in [-0.05, 0) is 30.5 Å². The third-order valence-electron chi connectivity index (χ3n) is 6.45. The smallest absolute Gasteiger partial charge is 0.251 e. The number of carbonyl (C=O) groups is 2. The first-order valence-corrected chi connectivity index (χ1v) is 13.1. The molecule has 6 nitrogen and oxygen atoms in total. The number of thiol groups is 1. The summed E-state index contributed by atoms with van der Waals surface area (Å²) in [6.07, 6.45) is -1.32. The molecule has 1 unspecified atom stereocenters. The molecule has 0 spiro atoms. The van der Waals surface area contributed by atoms with Crippen LogP contribution in [0.3, 0.4) is 0 Å². The van der Waals surface area contributed by atoms with E-state index in [0.29, 0.717) is 12.3 Å². The number of benzene rings is 3. The molecule has 3 aromatic rings. The molecule has 0 aliphatic carbocycles. The summed E-state index contributed by atoms with van der Waals surface area (Å²) in [7, 11) is 0. The van der Waals surface area contributed by atoms with Gasteiger partial charge in [-0.2, -0.15) is 12.6 Å². The molecule has 3 rings (SSSR count). The Labute approximate surface area is 224 Å². The maximum absolute atomic E-state index is 12.7. The zero-order chi connectivity index (χ0) is 26.7. The first-order chi connectivity index (χ1) is 17.8. The first kappa shape index (κ1) is 28.4. The fraction of sp³-hybridized carbons (Fsp3) is 0.333. The van der Waals surface area contributed by atoms with Crippen molar-refractivity contribution in [2.24, 2.45) is 0 Å². The Morgan fingerprint density at radius 1 is 0.811 bits per heavy atom. The number of aliphatic hydroxyl groups excluding tert-OH is 1. The molecule has 37 heavy (non-hydrogen) atoms. The lowest BCUT2D eigenvalue weighted by molar-refractivity contribution is -0.151. The molecule has 0 radical (unpaired) electrons. The molecule has 0 bridgehead atoms. The van der Waals surface area contributed by atoms with E-state index in [-0.39, 0.29) is 25.5 Å². The molecular weight excluding hydrogens is 484 g/mol. The molecule has 0 heterocycles. The van der Waals surface area contributed by atoms with Crippen LogP contribution in [0.4, 0.5) is 0 Å². The van der Waals surface area contributed by atoms with Crippen LogP contribution in [0.5, 0.6) is 0 Å². The fourth-order valence-electron chi connectivity index (χ4n) is 4.29. The largest absolute Gasteiger partial charge is 0.380 e. The number of amides is 2. The number of hydrogen-bond donors (Lipinski definition) is 4. The average molecular weight is 521 g/mol. The van der Waals surface area contributed by atoms with Crippen molar-refractivity contribution in [1.29, 1.82) is 0 Å². The number of ether oxygens (including phenoxy) is 1. The van der Waals surface area contributed by atoms with Crippen molar-refractivity contribution in [2.45, 2.75) is 37.4 Å². The van der Waals surface area contributed by atoms with Crippen molar-refractivity contribution in [1.82, 2.24) is 10.6 Å². The minimum Gasteiger partial charge on any atom is -0.380 e. The summed E-state index contributed by atoms with van der Waals surface area (Å²) in [5.74, 6) is -0.229. The number of carbonyl (C=O) groups excluding carboxylic acids is 2. The molecule has 2 amide bonds. The van der Waals surface area contributed by atoms with E-state index >= 15 is 0 Å². The highest BCUT2D eigenvalue weighted by Gasteiger charge is 2.41. The topological polar surface area (TPSA) is 87.7 Å². The van der Waals surface area contributed by atoms with E-state index in [0.717, 1.165) is 16.7 Å². The first-order valence-electron chi connectivity index (χ1n) is 12.4. The second-order valence-corrected chi connectivity index (χ2v) is 9.86. The van der Waals surface area contributed by atoms with Gasteiger partial charge in [-0.3, -0.25) is 9.59 Å². The molecule has 1 atom stereocenters. The Bertz CT molecular complexity index is 1030. The van der Waals surface area contributed by atoms with Gasteiger partial charge in [0.15, 0.2) is 6.10 Å². The van der Waals surface area contributed by atoms with Gasteiger partial charge in [0, 0.05) is 25.3 Å². The standard InChI is InChI=1S/C30H36N2O4S/c1-29(2,27(34)28(35)32-19-18-26(33)31-20-21-37)36-22-30(23-12-6-3-7-13-23,24-14-8-4-9-15-24)25-16-10-5-11-17-25/h3-17,27,34,37H,18-22H2,1-2H3,(H,31,33)(H,32,35). The lowest BCUT2D eigenvalue weighted by Crippen LogP contribution is -2.51. The van der Waals surface area contributed by atoms with Gasteiger partial charge >= 0.3 is 0 Å². The van der Waals surface area contributed by atoms with Crippen molar-refractivity contribution in [3.63, 3.8) is 0 Å². The van der Waals surface area contributed by atoms with Crippen molar-refractivity contribution in [3.05, 3.63) is 108 Å². The summed E-state index contributed by atoms with van der Waals surface area (Å²) in [6, 6.07) is 30.3. The maximum atomic E-state index is 12.7. The molecule has 3 N–H and O–H groups in total. The highest BCUT2D eigenvalue weighted by molar-refractivity contribution is 7.80. The van der Waals surface area contributed by atoms with Gasteiger partial charge in [-0.25, -0.2) is 0 Å². The van der Waals surface area contributed by atoms with Crippen LogP contribution in [0.2, 0.25) is 0 Å². The fourth-order valence-corrected chi connectivity index (χ4v) is 4.40. The van der Waals surface area contributed by atoms with Crippen LogP contribution in [0.25, 0.3) is 0 Å². The zero-order valence-corrected chi connectivity index (χ0v) is 22.3. The van der Waals surface area contributed by atoms with E-state index in [1.54, 1.807) is 13.8 Å². The minimum atomic E-state index is -1.44. The maximum Gasteiger partial charge on any atom is 0.251 e. The molecule has 0 aromatic heterocycles. The van der Waals surface area contributed by atoms with Gasteiger partial charge in [-0.15, -0.1) is 0 Å². The molecule has 0 aliphatic rings. The second kappa shape index (κ2) is 13.4. The molecule has 7 heteroatoms. The van der Waals surface area contributed by atoms with Crippen LogP contribution in [0.15, 0.2) is 91.0 Å². The summed E-state index contributed by atoms with van der Waals surface area (Å²) < 4.78 is 6.42. The van der Waals surface area contributed by atoms with Gasteiger partial charge < -0.3 is 20.5 Å². The third-order valence-corrected chi connectivity index (χ3v) is 6.68. The van der Waals surface area contributed by atoms with E-state index in [4.69, 9.17) is 4.74 Å². The molecule has 0 saturated heterocycles. The molecule has 0 fully saturated rings. The Morgan fingerprint density at radius 3 is 1.70 bits per heavy atom. The van der Waals surface area contributed by atoms with Crippen LogP contribution in [0.1, 0.15) is 37.0 Å². The van der Waals surface area contributed by atoms with Gasteiger partial charge in [0.25, 0.3) is 5.91 Å². The third kappa shape index (κ3) is 7.22. The summed E-state index contributed by atoms with van der Waals surface area (Å²) >= 11 is 4.06. The quantitative estimate of drug-likeness (QED) is 0.204. The monoisotopic (exact) mass is 520 g/mol. The van der Waals surface area contributed by atoms with Crippen LogP contribution < -0.4 is 10.6 Å². The Hall–Kier alpha value is -3.13. The van der Waals surface area contributed by atoms with E-state index in [9.17, 15) is 14.7 Å². The Kier molecular flexibility index (Phi) is 10.3. The van der Waals surface area contributed by atoms with E-state index in [1.807, 2.05) is 54.6 Å². The number of nitrogens with one attached hydrogen (secondary N) is 2. The normalized spacial score (nSPS) is 12.5. The van der Waals surface area contributed by atoms with Crippen LogP contribution in [0, 0.1) is 0 Å². The van der Waals surface area contributed by atoms with Crippen LogP contribution >= 0.6 is 12.6 Å². The predicted molar refractivity (Wildman–Crippen MR) is 150 cm³/mol. The van der Waals surface area contributed by atoms with Crippen LogP contribution in [-0.4, -0.2) is 54.1 Å². The number of aliphatic hydroxyl groups is 1. The lowest BCUT2D eigenvalue weighted by Gasteiger charge is -2.39. The summed E-state index contributed by atoms with van der Waals surface area (Å²) in [4.78, 5) is 24.5. The van der Waals surface area contributed by atoms with Crippen molar-refractivity contribution in [2.75, 3.05) is 25.4 Å². The molecule has 196 valence electrons. The van der Waals surface area contributed by atoms with E-state index < -0.39 is 23.0 Å². The summed E-state index contributed by atoms with van der Waals surface area (Å²) in [6.45, 7) is 4.16. The zero-order valence-electron chi connectivity index (χ0n) is 21.4. The summed E-state index contributed by atoms with van der Waals surface area (Å²) in [5.41, 5.74) is 1.22. The van der Waals surface area contributed by atoms with Gasteiger partial charge in [0.2, 0.25) is 5.91 Å². The number of rotatable bonds is 13. The van der Waals surface area contributed by atoms with Crippen molar-refractivity contribution in [3.8, 4) is 0 Å².